The minimum Gasteiger partial charge on any atom is -0.392 e. The minimum absolute atomic E-state index is 0.167. The molecule has 0 radical (unpaired) electrons. The molecule has 2 aromatic rings. The Morgan fingerprint density at radius 2 is 2.28 bits per heavy atom. The van der Waals surface area contributed by atoms with Crippen molar-refractivity contribution in [3.8, 4) is 0 Å². The summed E-state index contributed by atoms with van der Waals surface area (Å²) in [7, 11) is 0. The first kappa shape index (κ1) is 12.1. The summed E-state index contributed by atoms with van der Waals surface area (Å²) >= 11 is 3.56. The zero-order chi connectivity index (χ0) is 12.5. The van der Waals surface area contributed by atoms with Crippen LogP contribution in [0, 0.1) is 0 Å². The Balaban J connectivity index is 1.95. The van der Waals surface area contributed by atoms with Crippen molar-refractivity contribution in [2.24, 2.45) is 0 Å². The van der Waals surface area contributed by atoms with Gasteiger partial charge >= 0.3 is 0 Å². The number of β-amino-alcohol motifs (C(OH)–C–C–N with tert-alkyl or cyclic N) is 1. The number of pyridine rings is 1. The summed E-state index contributed by atoms with van der Waals surface area (Å²) < 4.78 is 1.08. The fraction of sp³-hybridized carbons (Fsp3) is 0.357. The lowest BCUT2D eigenvalue weighted by molar-refractivity contribution is 0.175. The zero-order valence-electron chi connectivity index (χ0n) is 10.0. The summed E-state index contributed by atoms with van der Waals surface area (Å²) in [4.78, 5) is 6.76. The third-order valence-electron chi connectivity index (χ3n) is 3.44. The van der Waals surface area contributed by atoms with E-state index in [4.69, 9.17) is 0 Å². The Bertz CT molecular complexity index is 573. The second-order valence-electron chi connectivity index (χ2n) is 4.78. The SMILES string of the molecule is O[C@@H]1CCN(Cc2ccc(Br)c3cccnc23)C1. The molecular weight excluding hydrogens is 292 g/mol. The van der Waals surface area contributed by atoms with Crippen LogP contribution < -0.4 is 0 Å². The Labute approximate surface area is 115 Å². The highest BCUT2D eigenvalue weighted by molar-refractivity contribution is 9.10. The number of aliphatic hydroxyl groups is 1. The van der Waals surface area contributed by atoms with Crippen molar-refractivity contribution < 1.29 is 5.11 Å². The number of halogens is 1. The number of hydrogen-bond donors (Lipinski definition) is 1. The molecule has 1 aliphatic heterocycles. The highest BCUT2D eigenvalue weighted by atomic mass is 79.9. The Morgan fingerprint density at radius 3 is 3.06 bits per heavy atom. The van der Waals surface area contributed by atoms with Gasteiger partial charge in [-0.05, 0) is 24.1 Å². The van der Waals surface area contributed by atoms with Gasteiger partial charge in [0, 0.05) is 35.7 Å². The molecule has 1 atom stereocenters. The summed E-state index contributed by atoms with van der Waals surface area (Å²) in [5, 5.41) is 10.7. The summed E-state index contributed by atoms with van der Waals surface area (Å²) in [6.45, 7) is 2.59. The van der Waals surface area contributed by atoms with Crippen molar-refractivity contribution in [1.82, 2.24) is 9.88 Å². The van der Waals surface area contributed by atoms with Crippen LogP contribution in [0.2, 0.25) is 0 Å². The molecule has 0 bridgehead atoms. The molecule has 1 aliphatic rings. The Morgan fingerprint density at radius 1 is 1.39 bits per heavy atom. The maximum Gasteiger partial charge on any atom is 0.0758 e. The zero-order valence-corrected chi connectivity index (χ0v) is 11.6. The highest BCUT2D eigenvalue weighted by Crippen LogP contribution is 2.26. The maximum atomic E-state index is 9.57. The number of aliphatic hydroxyl groups excluding tert-OH is 1. The average Bonchev–Trinajstić information content (AvgIpc) is 2.79. The standard InChI is InChI=1S/C14H15BrN2O/c15-13-4-3-10(8-17-7-5-11(18)9-17)14-12(13)2-1-6-16-14/h1-4,6,11,18H,5,7-9H2/t11-/m1/s1. The van der Waals surface area contributed by atoms with Crippen LogP contribution in [-0.4, -0.2) is 34.2 Å². The van der Waals surface area contributed by atoms with E-state index in [9.17, 15) is 5.11 Å². The second kappa shape index (κ2) is 4.96. The topological polar surface area (TPSA) is 36.4 Å². The number of aromatic nitrogens is 1. The normalized spacial score (nSPS) is 20.7. The molecule has 4 heteroatoms. The van der Waals surface area contributed by atoms with Gasteiger partial charge in [-0.1, -0.05) is 28.1 Å². The fourth-order valence-electron chi connectivity index (χ4n) is 2.52. The predicted molar refractivity (Wildman–Crippen MR) is 75.3 cm³/mol. The van der Waals surface area contributed by atoms with Crippen molar-refractivity contribution in [3.05, 3.63) is 40.5 Å². The number of hydrogen-bond acceptors (Lipinski definition) is 3. The molecule has 1 N–H and O–H groups in total. The molecular formula is C14H15BrN2O. The van der Waals surface area contributed by atoms with E-state index in [0.29, 0.717) is 0 Å². The number of fused-ring (bicyclic) bond motifs is 1. The monoisotopic (exact) mass is 306 g/mol. The first-order chi connectivity index (χ1) is 8.74. The Hall–Kier alpha value is -0.970. The number of nitrogens with zero attached hydrogens (tertiary/aromatic N) is 2. The van der Waals surface area contributed by atoms with Gasteiger partial charge in [-0.2, -0.15) is 0 Å². The molecule has 18 heavy (non-hydrogen) atoms. The summed E-state index contributed by atoms with van der Waals surface area (Å²) in [6, 6.07) is 8.22. The molecule has 0 spiro atoms. The smallest absolute Gasteiger partial charge is 0.0758 e. The largest absolute Gasteiger partial charge is 0.392 e. The van der Waals surface area contributed by atoms with Gasteiger partial charge < -0.3 is 5.11 Å². The van der Waals surface area contributed by atoms with Gasteiger partial charge in [0.2, 0.25) is 0 Å². The summed E-state index contributed by atoms with van der Waals surface area (Å²) in [5.74, 6) is 0. The van der Waals surface area contributed by atoms with Crippen LogP contribution in [0.15, 0.2) is 34.9 Å². The lowest BCUT2D eigenvalue weighted by Gasteiger charge is -2.16. The van der Waals surface area contributed by atoms with Crippen LogP contribution in [-0.2, 0) is 6.54 Å². The number of benzene rings is 1. The molecule has 3 rings (SSSR count). The fourth-order valence-corrected chi connectivity index (χ4v) is 2.97. The van der Waals surface area contributed by atoms with Crippen molar-refractivity contribution in [3.63, 3.8) is 0 Å². The van der Waals surface area contributed by atoms with Crippen molar-refractivity contribution in [2.45, 2.75) is 19.1 Å². The van der Waals surface area contributed by atoms with Crippen LogP contribution in [0.25, 0.3) is 10.9 Å². The molecule has 1 aromatic heterocycles. The molecule has 0 saturated carbocycles. The lowest BCUT2D eigenvalue weighted by atomic mass is 10.1. The van der Waals surface area contributed by atoms with Gasteiger partial charge in [-0.3, -0.25) is 9.88 Å². The van der Waals surface area contributed by atoms with E-state index in [0.717, 1.165) is 41.4 Å². The van der Waals surface area contributed by atoms with Gasteiger partial charge in [-0.15, -0.1) is 0 Å². The maximum absolute atomic E-state index is 9.57. The van der Waals surface area contributed by atoms with E-state index in [1.807, 2.05) is 12.3 Å². The van der Waals surface area contributed by atoms with Gasteiger partial charge in [0.25, 0.3) is 0 Å². The van der Waals surface area contributed by atoms with E-state index >= 15 is 0 Å². The summed E-state index contributed by atoms with van der Waals surface area (Å²) in [6.07, 6.45) is 2.54. The van der Waals surface area contributed by atoms with Crippen molar-refractivity contribution in [1.29, 1.82) is 0 Å². The quantitative estimate of drug-likeness (QED) is 0.926. The highest BCUT2D eigenvalue weighted by Gasteiger charge is 2.20. The van der Waals surface area contributed by atoms with Crippen molar-refractivity contribution >= 4 is 26.8 Å². The third-order valence-corrected chi connectivity index (χ3v) is 4.13. The van der Waals surface area contributed by atoms with E-state index in [2.05, 4.69) is 44.0 Å². The first-order valence-electron chi connectivity index (χ1n) is 6.16. The van der Waals surface area contributed by atoms with Crippen LogP contribution in [0.4, 0.5) is 0 Å². The average molecular weight is 307 g/mol. The molecule has 1 aromatic carbocycles. The Kier molecular flexibility index (Phi) is 3.33. The van der Waals surface area contributed by atoms with Gasteiger partial charge in [0.15, 0.2) is 0 Å². The molecule has 0 unspecified atom stereocenters. The summed E-state index contributed by atoms with van der Waals surface area (Å²) in [5.41, 5.74) is 2.27. The molecule has 1 fully saturated rings. The third kappa shape index (κ3) is 2.28. The number of likely N-dealkylation sites (tertiary alicyclic amines) is 1. The molecule has 2 heterocycles. The molecule has 1 saturated heterocycles. The van der Waals surface area contributed by atoms with E-state index in [1.165, 1.54) is 5.56 Å². The first-order valence-corrected chi connectivity index (χ1v) is 6.96. The van der Waals surface area contributed by atoms with Crippen molar-refractivity contribution in [2.75, 3.05) is 13.1 Å². The molecule has 3 nitrogen and oxygen atoms in total. The van der Waals surface area contributed by atoms with Gasteiger partial charge in [-0.25, -0.2) is 0 Å². The van der Waals surface area contributed by atoms with Gasteiger partial charge in [0.1, 0.15) is 0 Å². The lowest BCUT2D eigenvalue weighted by Crippen LogP contribution is -2.21. The van der Waals surface area contributed by atoms with Crippen LogP contribution in [0.1, 0.15) is 12.0 Å². The van der Waals surface area contributed by atoms with Crippen LogP contribution in [0.5, 0.6) is 0 Å². The predicted octanol–water partition coefficient (Wildman–Crippen LogP) is 2.56. The van der Waals surface area contributed by atoms with Crippen LogP contribution >= 0.6 is 15.9 Å². The van der Waals surface area contributed by atoms with E-state index in [-0.39, 0.29) is 6.10 Å². The second-order valence-corrected chi connectivity index (χ2v) is 5.64. The van der Waals surface area contributed by atoms with E-state index in [1.54, 1.807) is 0 Å². The molecule has 0 amide bonds. The molecule has 94 valence electrons. The minimum atomic E-state index is -0.167. The molecule has 0 aliphatic carbocycles. The van der Waals surface area contributed by atoms with E-state index < -0.39 is 0 Å². The van der Waals surface area contributed by atoms with Gasteiger partial charge in [0.05, 0.1) is 11.6 Å². The number of rotatable bonds is 2. The van der Waals surface area contributed by atoms with Crippen LogP contribution in [0.3, 0.4) is 0 Å².